The van der Waals surface area contributed by atoms with Crippen molar-refractivity contribution in [3.05, 3.63) is 94.0 Å². The minimum absolute atomic E-state index is 0.177. The normalized spacial score (nSPS) is 10.6. The lowest BCUT2D eigenvalue weighted by Gasteiger charge is -2.08. The van der Waals surface area contributed by atoms with Crippen molar-refractivity contribution in [2.75, 3.05) is 0 Å². The van der Waals surface area contributed by atoms with Crippen LogP contribution in [0.1, 0.15) is 32.2 Å². The lowest BCUT2D eigenvalue weighted by molar-refractivity contribution is 0.0427. The number of aromatic nitrogens is 2. The Hall–Kier alpha value is -3.58. The van der Waals surface area contributed by atoms with Crippen molar-refractivity contribution in [1.29, 1.82) is 0 Å². The van der Waals surface area contributed by atoms with Crippen LogP contribution in [0.3, 0.4) is 0 Å². The lowest BCUT2D eigenvalue weighted by Crippen LogP contribution is -2.12. The van der Waals surface area contributed by atoms with Crippen LogP contribution in [0.15, 0.2) is 75.9 Å². The second-order valence-corrected chi connectivity index (χ2v) is 6.62. The van der Waals surface area contributed by atoms with E-state index in [2.05, 4.69) is 10.1 Å². The van der Waals surface area contributed by atoms with Gasteiger partial charge in [0.1, 0.15) is 0 Å². The maximum atomic E-state index is 12.7. The molecule has 138 valence electrons. The van der Waals surface area contributed by atoms with Gasteiger partial charge in [-0.15, -0.1) is 0 Å². The highest BCUT2D eigenvalue weighted by molar-refractivity contribution is 7.08. The number of rotatable bonds is 6. The van der Waals surface area contributed by atoms with Gasteiger partial charge in [-0.1, -0.05) is 53.7 Å². The molecule has 4 rings (SSSR count). The van der Waals surface area contributed by atoms with Gasteiger partial charge in [-0.2, -0.15) is 16.3 Å². The van der Waals surface area contributed by atoms with E-state index in [9.17, 15) is 9.59 Å². The Kier molecular flexibility index (Phi) is 5.07. The topological polar surface area (TPSA) is 82.3 Å². The molecule has 0 atom stereocenters. The van der Waals surface area contributed by atoms with Crippen LogP contribution in [0.2, 0.25) is 0 Å². The Balaban J connectivity index is 1.49. The van der Waals surface area contributed by atoms with Gasteiger partial charge in [0.05, 0.1) is 5.56 Å². The van der Waals surface area contributed by atoms with Crippen LogP contribution >= 0.6 is 11.3 Å². The van der Waals surface area contributed by atoms with E-state index in [4.69, 9.17) is 9.26 Å². The Bertz CT molecular complexity index is 1100. The lowest BCUT2D eigenvalue weighted by atomic mass is 9.98. The summed E-state index contributed by atoms with van der Waals surface area (Å²) in [6.07, 6.45) is 0. The maximum Gasteiger partial charge on any atom is 0.339 e. The number of thiophene rings is 1. The molecule has 28 heavy (non-hydrogen) atoms. The van der Waals surface area contributed by atoms with E-state index in [1.54, 1.807) is 48.5 Å². The Morgan fingerprint density at radius 2 is 1.71 bits per heavy atom. The van der Waals surface area contributed by atoms with Gasteiger partial charge in [-0.05, 0) is 17.5 Å². The molecule has 0 spiro atoms. The summed E-state index contributed by atoms with van der Waals surface area (Å²) in [6.45, 7) is -0.177. The van der Waals surface area contributed by atoms with Gasteiger partial charge in [0.15, 0.2) is 12.4 Å². The summed E-state index contributed by atoms with van der Waals surface area (Å²) in [5, 5.41) is 7.67. The van der Waals surface area contributed by atoms with Crippen molar-refractivity contribution in [3.63, 3.8) is 0 Å². The number of ketones is 1. The molecular formula is C21H14N2O4S. The first-order valence-electron chi connectivity index (χ1n) is 8.43. The summed E-state index contributed by atoms with van der Waals surface area (Å²) < 4.78 is 10.4. The summed E-state index contributed by atoms with van der Waals surface area (Å²) in [6, 6.07) is 17.2. The Labute approximate surface area is 164 Å². The van der Waals surface area contributed by atoms with Gasteiger partial charge in [0.25, 0.3) is 5.89 Å². The highest BCUT2D eigenvalue weighted by atomic mass is 32.1. The fourth-order valence-corrected chi connectivity index (χ4v) is 3.27. The third-order valence-corrected chi connectivity index (χ3v) is 4.69. The summed E-state index contributed by atoms with van der Waals surface area (Å²) in [5.41, 5.74) is 1.81. The first-order chi connectivity index (χ1) is 13.7. The first kappa shape index (κ1) is 17.8. The molecular weight excluding hydrogens is 376 g/mol. The fourth-order valence-electron chi connectivity index (χ4n) is 2.63. The molecule has 2 aromatic heterocycles. The SMILES string of the molecule is O=C(OCc1nc(-c2ccsc2)no1)c1ccccc1C(=O)c1ccccc1. The first-order valence-corrected chi connectivity index (χ1v) is 9.38. The van der Waals surface area contributed by atoms with Crippen LogP contribution in [0.5, 0.6) is 0 Å². The van der Waals surface area contributed by atoms with Crippen LogP contribution < -0.4 is 0 Å². The second-order valence-electron chi connectivity index (χ2n) is 5.84. The second kappa shape index (κ2) is 7.98. The fraction of sp³-hybridized carbons (Fsp3) is 0.0476. The molecule has 6 nitrogen and oxygen atoms in total. The standard InChI is InChI=1S/C21H14N2O4S/c24-19(14-6-2-1-3-7-14)16-8-4-5-9-17(16)21(25)26-12-18-22-20(23-27-18)15-10-11-28-13-15/h1-11,13H,12H2. The molecule has 2 heterocycles. The summed E-state index contributed by atoms with van der Waals surface area (Å²) in [5.74, 6) is -0.255. The summed E-state index contributed by atoms with van der Waals surface area (Å²) >= 11 is 1.52. The average Bonchev–Trinajstić information content (AvgIpc) is 3.44. The number of carbonyl (C=O) groups excluding carboxylic acids is 2. The van der Waals surface area contributed by atoms with E-state index in [1.807, 2.05) is 22.9 Å². The highest BCUT2D eigenvalue weighted by Gasteiger charge is 2.20. The minimum Gasteiger partial charge on any atom is -0.452 e. The molecule has 0 saturated carbocycles. The Morgan fingerprint density at radius 3 is 2.46 bits per heavy atom. The number of benzene rings is 2. The molecule has 0 amide bonds. The zero-order valence-electron chi connectivity index (χ0n) is 14.6. The van der Waals surface area contributed by atoms with Crippen LogP contribution in [-0.2, 0) is 11.3 Å². The molecule has 4 aromatic rings. The van der Waals surface area contributed by atoms with Crippen molar-refractivity contribution >= 4 is 23.1 Å². The summed E-state index contributed by atoms with van der Waals surface area (Å²) in [4.78, 5) is 29.5. The molecule has 0 fully saturated rings. The van der Waals surface area contributed by atoms with Gasteiger partial charge in [0.2, 0.25) is 5.82 Å². The number of ether oxygens (including phenoxy) is 1. The molecule has 0 radical (unpaired) electrons. The smallest absolute Gasteiger partial charge is 0.339 e. The summed E-state index contributed by atoms with van der Waals surface area (Å²) in [7, 11) is 0. The molecule has 0 unspecified atom stereocenters. The van der Waals surface area contributed by atoms with E-state index in [0.29, 0.717) is 11.4 Å². The van der Waals surface area contributed by atoms with Gasteiger partial charge >= 0.3 is 5.97 Å². The molecule has 7 heteroatoms. The van der Waals surface area contributed by atoms with Crippen molar-refractivity contribution in [2.45, 2.75) is 6.61 Å². The minimum atomic E-state index is -0.629. The van der Waals surface area contributed by atoms with Crippen molar-refractivity contribution in [3.8, 4) is 11.4 Å². The number of esters is 1. The third kappa shape index (κ3) is 3.74. The Morgan fingerprint density at radius 1 is 0.964 bits per heavy atom. The van der Waals surface area contributed by atoms with Gasteiger partial charge in [-0.25, -0.2) is 4.79 Å². The van der Waals surface area contributed by atoms with Gasteiger partial charge < -0.3 is 9.26 Å². The van der Waals surface area contributed by atoms with E-state index >= 15 is 0 Å². The monoisotopic (exact) mass is 390 g/mol. The van der Waals surface area contributed by atoms with E-state index in [0.717, 1.165) is 5.56 Å². The third-order valence-electron chi connectivity index (χ3n) is 4.00. The number of carbonyl (C=O) groups is 2. The zero-order valence-corrected chi connectivity index (χ0v) is 15.4. The zero-order chi connectivity index (χ0) is 19.3. The van der Waals surface area contributed by atoms with Crippen molar-refractivity contribution < 1.29 is 18.8 Å². The number of hydrogen-bond acceptors (Lipinski definition) is 7. The van der Waals surface area contributed by atoms with E-state index < -0.39 is 5.97 Å². The molecule has 2 aromatic carbocycles. The largest absolute Gasteiger partial charge is 0.452 e. The van der Waals surface area contributed by atoms with Crippen molar-refractivity contribution in [1.82, 2.24) is 10.1 Å². The molecule has 0 saturated heterocycles. The average molecular weight is 390 g/mol. The molecule has 0 bridgehead atoms. The van der Waals surface area contributed by atoms with Gasteiger partial charge in [0, 0.05) is 22.1 Å². The number of nitrogens with zero attached hydrogens (tertiary/aromatic N) is 2. The quantitative estimate of drug-likeness (QED) is 0.359. The van der Waals surface area contributed by atoms with Crippen LogP contribution in [0.25, 0.3) is 11.4 Å². The van der Waals surface area contributed by atoms with E-state index in [1.165, 1.54) is 11.3 Å². The van der Waals surface area contributed by atoms with Gasteiger partial charge in [-0.3, -0.25) is 4.79 Å². The predicted octanol–water partition coefficient (Wildman–Crippen LogP) is 4.39. The number of hydrogen-bond donors (Lipinski definition) is 0. The van der Waals surface area contributed by atoms with Crippen molar-refractivity contribution in [2.24, 2.45) is 0 Å². The van der Waals surface area contributed by atoms with Crippen LogP contribution in [0.4, 0.5) is 0 Å². The predicted molar refractivity (Wildman–Crippen MR) is 103 cm³/mol. The van der Waals surface area contributed by atoms with Crippen LogP contribution in [0, 0.1) is 0 Å². The van der Waals surface area contributed by atoms with Crippen LogP contribution in [-0.4, -0.2) is 21.9 Å². The molecule has 0 aliphatic rings. The van der Waals surface area contributed by atoms with E-state index in [-0.39, 0.29) is 29.4 Å². The molecule has 0 aliphatic carbocycles. The maximum absolute atomic E-state index is 12.7. The highest BCUT2D eigenvalue weighted by Crippen LogP contribution is 2.20. The molecule has 0 N–H and O–H groups in total. The molecule has 0 aliphatic heterocycles.